The monoisotopic (exact) mass is 244 g/mol. The van der Waals surface area contributed by atoms with Crippen LogP contribution in [-0.4, -0.2) is 14.8 Å². The Morgan fingerprint density at radius 1 is 1.28 bits per heavy atom. The van der Waals surface area contributed by atoms with Gasteiger partial charge >= 0.3 is 0 Å². The number of hydrogen-bond donors (Lipinski definition) is 1. The largest absolute Gasteiger partial charge is 0.324 e. The van der Waals surface area contributed by atoms with Crippen molar-refractivity contribution >= 4 is 0 Å². The fourth-order valence-electron chi connectivity index (χ4n) is 2.14. The van der Waals surface area contributed by atoms with Gasteiger partial charge in [-0.05, 0) is 50.5 Å². The molecule has 2 N–H and O–H groups in total. The molecule has 96 valence electrons. The van der Waals surface area contributed by atoms with Gasteiger partial charge in [-0.15, -0.1) is 0 Å². The van der Waals surface area contributed by atoms with E-state index in [0.29, 0.717) is 0 Å². The van der Waals surface area contributed by atoms with Gasteiger partial charge in [0.15, 0.2) is 0 Å². The highest BCUT2D eigenvalue weighted by molar-refractivity contribution is 5.25. The number of aromatic nitrogens is 3. The number of nitrogens with two attached hydrogens (primary N) is 1. The van der Waals surface area contributed by atoms with Gasteiger partial charge in [0, 0.05) is 30.2 Å². The van der Waals surface area contributed by atoms with Gasteiger partial charge in [-0.3, -0.25) is 9.67 Å². The van der Waals surface area contributed by atoms with Crippen LogP contribution in [-0.2, 0) is 13.0 Å². The van der Waals surface area contributed by atoms with Crippen LogP contribution in [0, 0.1) is 13.8 Å². The summed E-state index contributed by atoms with van der Waals surface area (Å²) >= 11 is 0. The zero-order valence-corrected chi connectivity index (χ0v) is 11.2. The van der Waals surface area contributed by atoms with Crippen LogP contribution in [0.4, 0.5) is 0 Å². The zero-order chi connectivity index (χ0) is 13.1. The molecule has 0 aromatic carbocycles. The molecular formula is C14H20N4. The van der Waals surface area contributed by atoms with Crippen molar-refractivity contribution in [2.24, 2.45) is 5.73 Å². The first-order valence-electron chi connectivity index (χ1n) is 6.30. The van der Waals surface area contributed by atoms with Crippen LogP contribution in [0.25, 0.3) is 0 Å². The molecule has 0 saturated carbocycles. The molecule has 2 aromatic heterocycles. The average Bonchev–Trinajstić information content (AvgIpc) is 2.75. The smallest absolute Gasteiger partial charge is 0.0522 e. The van der Waals surface area contributed by atoms with Crippen LogP contribution >= 0.6 is 0 Å². The van der Waals surface area contributed by atoms with Crippen molar-refractivity contribution in [1.29, 1.82) is 0 Å². The summed E-state index contributed by atoms with van der Waals surface area (Å²) in [6.45, 7) is 6.96. The van der Waals surface area contributed by atoms with Gasteiger partial charge in [-0.2, -0.15) is 5.10 Å². The van der Waals surface area contributed by atoms with E-state index in [1.54, 1.807) is 0 Å². The minimum absolute atomic E-state index is 0.0000869. The molecule has 0 spiro atoms. The molecule has 18 heavy (non-hydrogen) atoms. The number of pyridine rings is 1. The third-order valence-electron chi connectivity index (χ3n) is 3.00. The molecule has 0 aliphatic rings. The van der Waals surface area contributed by atoms with Crippen LogP contribution < -0.4 is 5.73 Å². The molecule has 0 amide bonds. The predicted octanol–water partition coefficient (Wildman–Crippen LogP) is 2.16. The van der Waals surface area contributed by atoms with Crippen molar-refractivity contribution in [3.05, 3.63) is 47.0 Å². The molecule has 2 heterocycles. The quantitative estimate of drug-likeness (QED) is 0.896. The minimum Gasteiger partial charge on any atom is -0.324 e. The summed E-state index contributed by atoms with van der Waals surface area (Å²) < 4.78 is 1.92. The van der Waals surface area contributed by atoms with Gasteiger partial charge in [0.05, 0.1) is 6.20 Å². The van der Waals surface area contributed by atoms with Gasteiger partial charge < -0.3 is 5.73 Å². The van der Waals surface area contributed by atoms with Crippen molar-refractivity contribution in [3.63, 3.8) is 0 Å². The van der Waals surface area contributed by atoms with Crippen molar-refractivity contribution < 1.29 is 0 Å². The van der Waals surface area contributed by atoms with Gasteiger partial charge in [0.25, 0.3) is 0 Å². The lowest BCUT2D eigenvalue weighted by atomic mass is 10.0. The lowest BCUT2D eigenvalue weighted by Crippen LogP contribution is -2.14. The Labute approximate surface area is 108 Å². The molecule has 2 rings (SSSR count). The minimum atomic E-state index is -0.0000869. The lowest BCUT2D eigenvalue weighted by molar-refractivity contribution is 0.657. The normalized spacial score (nSPS) is 12.7. The fraction of sp³-hybridized carbons (Fsp3) is 0.429. The first-order valence-corrected chi connectivity index (χ1v) is 6.30. The molecule has 1 atom stereocenters. The second kappa shape index (κ2) is 5.31. The van der Waals surface area contributed by atoms with Crippen molar-refractivity contribution in [3.8, 4) is 0 Å². The van der Waals surface area contributed by atoms with Crippen molar-refractivity contribution in [2.45, 2.75) is 39.8 Å². The maximum absolute atomic E-state index is 6.25. The van der Waals surface area contributed by atoms with E-state index in [-0.39, 0.29) is 6.04 Å². The SMILES string of the molecule is CCn1cc(CC(N)c2cc(C)nc(C)c2)cn1. The highest BCUT2D eigenvalue weighted by atomic mass is 15.3. The Kier molecular flexibility index (Phi) is 3.77. The number of rotatable bonds is 4. The van der Waals surface area contributed by atoms with Crippen molar-refractivity contribution in [1.82, 2.24) is 14.8 Å². The van der Waals surface area contributed by atoms with E-state index >= 15 is 0 Å². The number of aryl methyl sites for hydroxylation is 3. The predicted molar refractivity (Wildman–Crippen MR) is 72.2 cm³/mol. The van der Waals surface area contributed by atoms with E-state index in [4.69, 9.17) is 5.73 Å². The standard InChI is InChI=1S/C14H20N4/c1-4-18-9-12(8-16-18)7-14(15)13-5-10(2)17-11(3)6-13/h5-6,8-9,14H,4,7,15H2,1-3H3. The first-order chi connectivity index (χ1) is 8.58. The Bertz CT molecular complexity index is 510. The van der Waals surface area contributed by atoms with Gasteiger partial charge in [0.2, 0.25) is 0 Å². The Morgan fingerprint density at radius 3 is 2.50 bits per heavy atom. The Balaban J connectivity index is 2.13. The molecule has 4 heteroatoms. The highest BCUT2D eigenvalue weighted by Crippen LogP contribution is 2.17. The average molecular weight is 244 g/mol. The molecule has 0 bridgehead atoms. The van der Waals surface area contributed by atoms with Crippen LogP contribution in [0.1, 0.15) is 35.5 Å². The van der Waals surface area contributed by atoms with Gasteiger partial charge in [-0.1, -0.05) is 0 Å². The maximum Gasteiger partial charge on any atom is 0.0522 e. The molecule has 1 unspecified atom stereocenters. The van der Waals surface area contributed by atoms with Crippen LogP contribution in [0.5, 0.6) is 0 Å². The third kappa shape index (κ3) is 2.96. The number of hydrogen-bond acceptors (Lipinski definition) is 3. The summed E-state index contributed by atoms with van der Waals surface area (Å²) in [6.07, 6.45) is 4.76. The third-order valence-corrected chi connectivity index (χ3v) is 3.00. The van der Waals surface area contributed by atoms with Crippen LogP contribution in [0.15, 0.2) is 24.5 Å². The summed E-state index contributed by atoms with van der Waals surface area (Å²) in [4.78, 5) is 4.37. The second-order valence-electron chi connectivity index (χ2n) is 4.70. The Morgan fingerprint density at radius 2 is 1.94 bits per heavy atom. The Hall–Kier alpha value is -1.68. The molecule has 0 aliphatic heterocycles. The molecule has 2 aromatic rings. The molecule has 0 fully saturated rings. The van der Waals surface area contributed by atoms with E-state index in [1.165, 1.54) is 5.56 Å². The highest BCUT2D eigenvalue weighted by Gasteiger charge is 2.10. The summed E-state index contributed by atoms with van der Waals surface area (Å²) in [7, 11) is 0. The van der Waals surface area contributed by atoms with E-state index < -0.39 is 0 Å². The summed E-state index contributed by atoms with van der Waals surface area (Å²) in [5.41, 5.74) is 10.6. The number of nitrogens with zero attached hydrogens (tertiary/aromatic N) is 3. The molecule has 4 nitrogen and oxygen atoms in total. The summed E-state index contributed by atoms with van der Waals surface area (Å²) in [6, 6.07) is 4.11. The van der Waals surface area contributed by atoms with E-state index in [0.717, 1.165) is 29.9 Å². The van der Waals surface area contributed by atoms with E-state index in [9.17, 15) is 0 Å². The summed E-state index contributed by atoms with van der Waals surface area (Å²) in [5, 5.41) is 4.27. The molecule has 0 radical (unpaired) electrons. The van der Waals surface area contributed by atoms with Gasteiger partial charge in [-0.25, -0.2) is 0 Å². The molecule has 0 saturated heterocycles. The molecule has 0 aliphatic carbocycles. The maximum atomic E-state index is 6.25. The van der Waals surface area contributed by atoms with E-state index in [2.05, 4.69) is 35.3 Å². The van der Waals surface area contributed by atoms with Crippen molar-refractivity contribution in [2.75, 3.05) is 0 Å². The van der Waals surface area contributed by atoms with Gasteiger partial charge in [0.1, 0.15) is 0 Å². The topological polar surface area (TPSA) is 56.7 Å². The second-order valence-corrected chi connectivity index (χ2v) is 4.70. The van der Waals surface area contributed by atoms with E-state index in [1.807, 2.05) is 24.7 Å². The first kappa shape index (κ1) is 12.8. The fourth-order valence-corrected chi connectivity index (χ4v) is 2.14. The summed E-state index contributed by atoms with van der Waals surface area (Å²) in [5.74, 6) is 0. The molecular weight excluding hydrogens is 224 g/mol. The van der Waals surface area contributed by atoms with Crippen LogP contribution in [0.3, 0.4) is 0 Å². The lowest BCUT2D eigenvalue weighted by Gasteiger charge is -2.12. The zero-order valence-electron chi connectivity index (χ0n) is 11.2. The van der Waals surface area contributed by atoms with Crippen LogP contribution in [0.2, 0.25) is 0 Å².